The Kier molecular flexibility index (Phi) is 5.45. The Morgan fingerprint density at radius 1 is 1.07 bits per heavy atom. The van der Waals surface area contributed by atoms with Gasteiger partial charge in [0.2, 0.25) is 0 Å². The van der Waals surface area contributed by atoms with Gasteiger partial charge >= 0.3 is 5.97 Å². The molecule has 0 saturated carbocycles. The Bertz CT molecular complexity index is 958. The number of ether oxygens (including phenoxy) is 2. The first-order chi connectivity index (χ1) is 13.0. The van der Waals surface area contributed by atoms with Gasteiger partial charge in [0.1, 0.15) is 11.3 Å². The summed E-state index contributed by atoms with van der Waals surface area (Å²) in [5.41, 5.74) is 2.17. The molecule has 27 heavy (non-hydrogen) atoms. The average Bonchev–Trinajstić information content (AvgIpc) is 3.04. The molecular weight excluding hydrogens is 346 g/mol. The quantitative estimate of drug-likeness (QED) is 0.671. The number of nitrogens with one attached hydrogen (secondary N) is 1. The van der Waals surface area contributed by atoms with Gasteiger partial charge < -0.3 is 19.2 Å². The number of aryl methyl sites for hydroxylation is 1. The standard InChI is InChI=1S/C21H21NO5/c1-13-16-6-4-5-7-18(16)27-20(13)21(24)22-17(12-19(23)26-3)14-8-10-15(25-2)11-9-14/h4-11,17H,12H2,1-3H3,(H,22,24). The van der Waals surface area contributed by atoms with Crippen LogP contribution in [0.3, 0.4) is 0 Å². The van der Waals surface area contributed by atoms with E-state index < -0.39 is 12.0 Å². The number of fused-ring (bicyclic) bond motifs is 1. The van der Waals surface area contributed by atoms with Gasteiger partial charge in [-0.3, -0.25) is 9.59 Å². The van der Waals surface area contributed by atoms with Crippen molar-refractivity contribution in [2.45, 2.75) is 19.4 Å². The van der Waals surface area contributed by atoms with Crippen LogP contribution in [0.4, 0.5) is 0 Å². The minimum absolute atomic E-state index is 0.00778. The molecule has 1 aromatic heterocycles. The fourth-order valence-electron chi connectivity index (χ4n) is 2.95. The van der Waals surface area contributed by atoms with E-state index in [1.807, 2.05) is 31.2 Å². The molecule has 1 amide bonds. The number of furan rings is 1. The van der Waals surface area contributed by atoms with Crippen LogP contribution in [0, 0.1) is 6.92 Å². The minimum Gasteiger partial charge on any atom is -0.497 e. The zero-order valence-electron chi connectivity index (χ0n) is 15.4. The summed E-state index contributed by atoms with van der Waals surface area (Å²) in [4.78, 5) is 24.7. The molecule has 0 saturated heterocycles. The van der Waals surface area contributed by atoms with Gasteiger partial charge in [0.25, 0.3) is 5.91 Å². The van der Waals surface area contributed by atoms with Gasteiger partial charge in [-0.05, 0) is 30.7 Å². The molecule has 1 unspecified atom stereocenters. The Balaban J connectivity index is 1.88. The van der Waals surface area contributed by atoms with Crippen LogP contribution in [0.5, 0.6) is 5.75 Å². The predicted octanol–water partition coefficient (Wildman–Crippen LogP) is 3.78. The molecule has 0 radical (unpaired) electrons. The molecule has 0 aliphatic rings. The number of hydrogen-bond donors (Lipinski definition) is 1. The third kappa shape index (κ3) is 3.95. The topological polar surface area (TPSA) is 77.8 Å². The molecule has 3 rings (SSSR count). The molecule has 2 aromatic carbocycles. The van der Waals surface area contributed by atoms with E-state index in [0.717, 1.165) is 16.5 Å². The normalized spacial score (nSPS) is 11.8. The van der Waals surface area contributed by atoms with Crippen LogP contribution in [0.1, 0.15) is 34.1 Å². The van der Waals surface area contributed by atoms with Crippen LogP contribution >= 0.6 is 0 Å². The molecular formula is C21H21NO5. The highest BCUT2D eigenvalue weighted by atomic mass is 16.5. The van der Waals surface area contributed by atoms with Crippen molar-refractivity contribution in [2.75, 3.05) is 14.2 Å². The number of esters is 1. The maximum absolute atomic E-state index is 12.8. The molecule has 1 atom stereocenters. The van der Waals surface area contributed by atoms with Crippen molar-refractivity contribution in [3.05, 3.63) is 65.4 Å². The molecule has 3 aromatic rings. The van der Waals surface area contributed by atoms with Crippen molar-refractivity contribution in [1.82, 2.24) is 5.32 Å². The summed E-state index contributed by atoms with van der Waals surface area (Å²) >= 11 is 0. The lowest BCUT2D eigenvalue weighted by Gasteiger charge is -2.18. The Labute approximate surface area is 157 Å². The zero-order chi connectivity index (χ0) is 19.4. The highest BCUT2D eigenvalue weighted by Gasteiger charge is 2.23. The first kappa shape index (κ1) is 18.5. The third-order valence-corrected chi connectivity index (χ3v) is 4.47. The number of benzene rings is 2. The van der Waals surface area contributed by atoms with E-state index in [1.165, 1.54) is 7.11 Å². The lowest BCUT2D eigenvalue weighted by atomic mass is 10.0. The van der Waals surface area contributed by atoms with E-state index in [2.05, 4.69) is 5.32 Å². The largest absolute Gasteiger partial charge is 0.497 e. The number of carbonyl (C=O) groups is 2. The van der Waals surface area contributed by atoms with Crippen molar-refractivity contribution in [2.24, 2.45) is 0 Å². The number of rotatable bonds is 6. The molecule has 6 nitrogen and oxygen atoms in total. The molecule has 0 spiro atoms. The van der Waals surface area contributed by atoms with E-state index >= 15 is 0 Å². The Morgan fingerprint density at radius 2 is 1.78 bits per heavy atom. The minimum atomic E-state index is -0.552. The average molecular weight is 367 g/mol. The van der Waals surface area contributed by atoms with E-state index in [0.29, 0.717) is 11.3 Å². The van der Waals surface area contributed by atoms with E-state index in [-0.39, 0.29) is 18.1 Å². The summed E-state index contributed by atoms with van der Waals surface area (Å²) in [6.45, 7) is 1.84. The molecule has 6 heteroatoms. The first-order valence-electron chi connectivity index (χ1n) is 8.53. The second kappa shape index (κ2) is 7.95. The monoisotopic (exact) mass is 367 g/mol. The summed E-state index contributed by atoms with van der Waals surface area (Å²) in [6.07, 6.45) is 0.00778. The Morgan fingerprint density at radius 3 is 2.41 bits per heavy atom. The van der Waals surface area contributed by atoms with Gasteiger partial charge in [0.05, 0.1) is 26.7 Å². The van der Waals surface area contributed by atoms with Crippen LogP contribution < -0.4 is 10.1 Å². The number of hydrogen-bond acceptors (Lipinski definition) is 5. The molecule has 0 aliphatic heterocycles. The maximum Gasteiger partial charge on any atom is 0.307 e. The highest BCUT2D eigenvalue weighted by molar-refractivity contribution is 5.99. The number of methoxy groups -OCH3 is 2. The lowest BCUT2D eigenvalue weighted by molar-refractivity contribution is -0.141. The number of para-hydroxylation sites is 1. The highest BCUT2D eigenvalue weighted by Crippen LogP contribution is 2.26. The summed E-state index contributed by atoms with van der Waals surface area (Å²) in [5.74, 6) is 0.125. The molecule has 0 fully saturated rings. The lowest BCUT2D eigenvalue weighted by Crippen LogP contribution is -2.30. The van der Waals surface area contributed by atoms with Crippen LogP contribution in [0.2, 0.25) is 0 Å². The smallest absolute Gasteiger partial charge is 0.307 e. The Hall–Kier alpha value is -3.28. The van der Waals surface area contributed by atoms with Crippen molar-refractivity contribution in [3.63, 3.8) is 0 Å². The van der Waals surface area contributed by atoms with Crippen LogP contribution in [-0.4, -0.2) is 26.1 Å². The maximum atomic E-state index is 12.8. The molecule has 1 heterocycles. The second-order valence-corrected chi connectivity index (χ2v) is 6.13. The van der Waals surface area contributed by atoms with Gasteiger partial charge in [-0.25, -0.2) is 0 Å². The first-order valence-corrected chi connectivity index (χ1v) is 8.53. The summed E-state index contributed by atoms with van der Waals surface area (Å²) in [6, 6.07) is 14.1. The number of amides is 1. The predicted molar refractivity (Wildman–Crippen MR) is 101 cm³/mol. The molecule has 1 N–H and O–H groups in total. The van der Waals surface area contributed by atoms with Crippen LogP contribution in [-0.2, 0) is 9.53 Å². The second-order valence-electron chi connectivity index (χ2n) is 6.13. The van der Waals surface area contributed by atoms with E-state index in [4.69, 9.17) is 13.9 Å². The zero-order valence-corrected chi connectivity index (χ0v) is 15.4. The third-order valence-electron chi connectivity index (χ3n) is 4.47. The summed E-state index contributed by atoms with van der Waals surface area (Å²) < 4.78 is 15.6. The van der Waals surface area contributed by atoms with Crippen LogP contribution in [0.25, 0.3) is 11.0 Å². The fraction of sp³-hybridized carbons (Fsp3) is 0.238. The molecule has 0 aliphatic carbocycles. The van der Waals surface area contributed by atoms with E-state index in [9.17, 15) is 9.59 Å². The van der Waals surface area contributed by atoms with Crippen molar-refractivity contribution in [3.8, 4) is 5.75 Å². The van der Waals surface area contributed by atoms with Crippen molar-refractivity contribution in [1.29, 1.82) is 0 Å². The van der Waals surface area contributed by atoms with E-state index in [1.54, 1.807) is 31.4 Å². The number of carbonyl (C=O) groups excluding carboxylic acids is 2. The van der Waals surface area contributed by atoms with Gasteiger partial charge in [-0.2, -0.15) is 0 Å². The molecule has 0 bridgehead atoms. The van der Waals surface area contributed by atoms with Crippen LogP contribution in [0.15, 0.2) is 52.9 Å². The van der Waals surface area contributed by atoms with Crippen molar-refractivity contribution < 1.29 is 23.5 Å². The SMILES string of the molecule is COC(=O)CC(NC(=O)c1oc2ccccc2c1C)c1ccc(OC)cc1. The summed E-state index contributed by atoms with van der Waals surface area (Å²) in [5, 5.41) is 3.77. The summed E-state index contributed by atoms with van der Waals surface area (Å²) in [7, 11) is 2.89. The fourth-order valence-corrected chi connectivity index (χ4v) is 2.95. The van der Waals surface area contributed by atoms with Gasteiger partial charge in [0.15, 0.2) is 5.76 Å². The van der Waals surface area contributed by atoms with Gasteiger partial charge in [-0.15, -0.1) is 0 Å². The van der Waals surface area contributed by atoms with Gasteiger partial charge in [-0.1, -0.05) is 30.3 Å². The van der Waals surface area contributed by atoms with Gasteiger partial charge in [0, 0.05) is 10.9 Å². The van der Waals surface area contributed by atoms with Crippen molar-refractivity contribution >= 4 is 22.8 Å². The molecule has 140 valence electrons.